The molecule has 0 spiro atoms. The van der Waals surface area contributed by atoms with Crippen LogP contribution in [0.4, 0.5) is 0 Å². The number of esters is 1. The minimum absolute atomic E-state index is 0.182. The lowest BCUT2D eigenvalue weighted by Gasteiger charge is -2.32. The lowest BCUT2D eigenvalue weighted by molar-refractivity contribution is -0.145. The predicted molar refractivity (Wildman–Crippen MR) is 134 cm³/mol. The summed E-state index contributed by atoms with van der Waals surface area (Å²) in [7, 11) is 0. The molecule has 0 aromatic heterocycles. The molecule has 0 amide bonds. The molecule has 0 unspecified atom stereocenters. The van der Waals surface area contributed by atoms with Crippen LogP contribution in [0.5, 0.6) is 0 Å². The molecule has 3 atom stereocenters. The maximum Gasteiger partial charge on any atom is 0.336 e. The highest BCUT2D eigenvalue weighted by Crippen LogP contribution is 2.23. The van der Waals surface area contributed by atoms with E-state index in [1.54, 1.807) is 6.08 Å². The fourth-order valence-corrected chi connectivity index (χ4v) is 3.71. The Balaban J connectivity index is 1.37. The van der Waals surface area contributed by atoms with Crippen molar-refractivity contribution in [2.75, 3.05) is 6.61 Å². The lowest BCUT2D eigenvalue weighted by Crippen LogP contribution is -2.41. The Morgan fingerprint density at radius 1 is 0.743 bits per heavy atom. The summed E-state index contributed by atoms with van der Waals surface area (Å²) < 4.78 is 23.7. The molecule has 0 N–H and O–H groups in total. The van der Waals surface area contributed by atoms with Gasteiger partial charge < -0.3 is 18.9 Å². The first-order valence-corrected chi connectivity index (χ1v) is 11.7. The number of rotatable bonds is 11. The molecule has 35 heavy (non-hydrogen) atoms. The Kier molecular flexibility index (Phi) is 9.01. The van der Waals surface area contributed by atoms with E-state index in [4.69, 9.17) is 18.9 Å². The van der Waals surface area contributed by atoms with Crippen LogP contribution in [0.25, 0.3) is 0 Å². The second kappa shape index (κ2) is 12.8. The quantitative estimate of drug-likeness (QED) is 0.213. The summed E-state index contributed by atoms with van der Waals surface area (Å²) in [6, 6.07) is 29.4. The molecule has 5 nitrogen and oxygen atoms in total. The third kappa shape index (κ3) is 7.49. The summed E-state index contributed by atoms with van der Waals surface area (Å²) in [5, 5.41) is 0. The largest absolute Gasteiger partial charge is 0.457 e. The average molecular weight is 471 g/mol. The molecule has 3 aromatic carbocycles. The summed E-state index contributed by atoms with van der Waals surface area (Å²) in [6.07, 6.45) is 2.38. The highest BCUT2D eigenvalue weighted by atomic mass is 16.6. The SMILES string of the molecule is C=C(C(=O)OCc1ccccc1)[C@H]1C=C[C@H](OCc2ccccc2)[C@@H](COCc2ccccc2)O1. The summed E-state index contributed by atoms with van der Waals surface area (Å²) in [5.41, 5.74) is 3.30. The van der Waals surface area contributed by atoms with E-state index in [-0.39, 0.29) is 18.3 Å². The molecule has 0 saturated heterocycles. The molecule has 0 aliphatic carbocycles. The van der Waals surface area contributed by atoms with E-state index in [9.17, 15) is 4.79 Å². The van der Waals surface area contributed by atoms with Gasteiger partial charge in [-0.25, -0.2) is 4.79 Å². The van der Waals surface area contributed by atoms with Gasteiger partial charge in [0.25, 0.3) is 0 Å². The molecule has 1 aliphatic rings. The maximum atomic E-state index is 12.6. The third-order valence-electron chi connectivity index (χ3n) is 5.66. The van der Waals surface area contributed by atoms with E-state index >= 15 is 0 Å². The number of benzene rings is 3. The first kappa shape index (κ1) is 24.6. The topological polar surface area (TPSA) is 54.0 Å². The predicted octanol–water partition coefficient (Wildman–Crippen LogP) is 5.41. The molecule has 4 rings (SSSR count). The van der Waals surface area contributed by atoms with Gasteiger partial charge in [-0.1, -0.05) is 110 Å². The van der Waals surface area contributed by atoms with Crippen molar-refractivity contribution in [3.63, 3.8) is 0 Å². The van der Waals surface area contributed by atoms with Gasteiger partial charge in [-0.15, -0.1) is 0 Å². The molecule has 1 aliphatic heterocycles. The second-order valence-electron chi connectivity index (χ2n) is 8.33. The van der Waals surface area contributed by atoms with E-state index in [1.807, 2.05) is 97.1 Å². The standard InChI is InChI=1S/C30H30O5/c1-23(30(31)34-21-26-15-9-4-10-16-26)27-17-18-28(33-20-25-13-7-3-8-14-25)29(35-27)22-32-19-24-11-5-2-6-12-24/h2-18,27-29H,1,19-22H2/t27-,28+,29-/m1/s1. The van der Waals surface area contributed by atoms with Gasteiger partial charge in [-0.3, -0.25) is 0 Å². The smallest absolute Gasteiger partial charge is 0.336 e. The first-order valence-electron chi connectivity index (χ1n) is 11.7. The maximum absolute atomic E-state index is 12.6. The number of carbonyl (C=O) groups excluding carboxylic acids is 1. The van der Waals surface area contributed by atoms with Gasteiger partial charge >= 0.3 is 5.97 Å². The van der Waals surface area contributed by atoms with Crippen LogP contribution in [0.3, 0.4) is 0 Å². The molecular weight excluding hydrogens is 440 g/mol. The Morgan fingerprint density at radius 2 is 1.29 bits per heavy atom. The highest BCUT2D eigenvalue weighted by molar-refractivity contribution is 5.89. The van der Waals surface area contributed by atoms with Crippen LogP contribution in [0.2, 0.25) is 0 Å². The van der Waals surface area contributed by atoms with E-state index in [1.165, 1.54) is 0 Å². The highest BCUT2D eigenvalue weighted by Gasteiger charge is 2.32. The van der Waals surface area contributed by atoms with Crippen LogP contribution in [0.15, 0.2) is 115 Å². The van der Waals surface area contributed by atoms with E-state index in [0.29, 0.717) is 19.8 Å². The minimum Gasteiger partial charge on any atom is -0.457 e. The van der Waals surface area contributed by atoms with Crippen molar-refractivity contribution in [2.45, 2.75) is 38.1 Å². The monoisotopic (exact) mass is 470 g/mol. The van der Waals surface area contributed by atoms with Crippen LogP contribution < -0.4 is 0 Å². The molecule has 0 radical (unpaired) electrons. The summed E-state index contributed by atoms with van der Waals surface area (Å²) in [4.78, 5) is 12.6. The summed E-state index contributed by atoms with van der Waals surface area (Å²) >= 11 is 0. The Hall–Kier alpha value is -3.51. The van der Waals surface area contributed by atoms with Crippen molar-refractivity contribution in [3.05, 3.63) is 132 Å². The second-order valence-corrected chi connectivity index (χ2v) is 8.33. The van der Waals surface area contributed by atoms with Crippen molar-refractivity contribution < 1.29 is 23.7 Å². The molecule has 3 aromatic rings. The number of ether oxygens (including phenoxy) is 4. The van der Waals surface area contributed by atoms with Crippen molar-refractivity contribution in [3.8, 4) is 0 Å². The number of carbonyl (C=O) groups is 1. The summed E-state index contributed by atoms with van der Waals surface area (Å²) in [6.45, 7) is 5.33. The molecule has 5 heteroatoms. The normalized spacial score (nSPS) is 19.3. The zero-order valence-corrected chi connectivity index (χ0v) is 19.6. The van der Waals surface area contributed by atoms with Crippen LogP contribution >= 0.6 is 0 Å². The third-order valence-corrected chi connectivity index (χ3v) is 5.66. The molecule has 0 bridgehead atoms. The van der Waals surface area contributed by atoms with Crippen molar-refractivity contribution >= 4 is 5.97 Å². The molecule has 180 valence electrons. The van der Waals surface area contributed by atoms with Crippen LogP contribution in [0, 0.1) is 0 Å². The van der Waals surface area contributed by atoms with Crippen LogP contribution in [-0.4, -0.2) is 30.9 Å². The van der Waals surface area contributed by atoms with Gasteiger partial charge in [-0.2, -0.15) is 0 Å². The van der Waals surface area contributed by atoms with Gasteiger partial charge in [0.1, 0.15) is 24.9 Å². The Labute approximate surface area is 206 Å². The van der Waals surface area contributed by atoms with Gasteiger partial charge in [-0.05, 0) is 16.7 Å². The molecule has 0 fully saturated rings. The van der Waals surface area contributed by atoms with Crippen molar-refractivity contribution in [2.24, 2.45) is 0 Å². The van der Waals surface area contributed by atoms with Crippen molar-refractivity contribution in [1.29, 1.82) is 0 Å². The molecule has 0 saturated carbocycles. The fraction of sp³-hybridized carbons (Fsp3) is 0.233. The number of hydrogen-bond donors (Lipinski definition) is 0. The molecular formula is C30H30O5. The van der Waals surface area contributed by atoms with Gasteiger partial charge in [0.15, 0.2) is 0 Å². The Bertz CT molecular complexity index is 1100. The van der Waals surface area contributed by atoms with Gasteiger partial charge in [0.05, 0.1) is 25.4 Å². The fourth-order valence-electron chi connectivity index (χ4n) is 3.71. The zero-order valence-electron chi connectivity index (χ0n) is 19.6. The van der Waals surface area contributed by atoms with E-state index in [0.717, 1.165) is 16.7 Å². The van der Waals surface area contributed by atoms with Gasteiger partial charge in [0, 0.05) is 0 Å². The number of hydrogen-bond acceptors (Lipinski definition) is 5. The van der Waals surface area contributed by atoms with Crippen molar-refractivity contribution in [1.82, 2.24) is 0 Å². The molecule has 1 heterocycles. The average Bonchev–Trinajstić information content (AvgIpc) is 2.92. The van der Waals surface area contributed by atoms with E-state index < -0.39 is 18.2 Å². The van der Waals surface area contributed by atoms with Crippen LogP contribution in [0.1, 0.15) is 16.7 Å². The zero-order chi connectivity index (χ0) is 24.3. The lowest BCUT2D eigenvalue weighted by atomic mass is 10.0. The van der Waals surface area contributed by atoms with Crippen LogP contribution in [-0.2, 0) is 43.6 Å². The van der Waals surface area contributed by atoms with E-state index in [2.05, 4.69) is 6.58 Å². The first-order chi connectivity index (χ1) is 17.2. The summed E-state index contributed by atoms with van der Waals surface area (Å²) in [5.74, 6) is -0.490. The Morgan fingerprint density at radius 3 is 1.89 bits per heavy atom. The van der Waals surface area contributed by atoms with Gasteiger partial charge in [0.2, 0.25) is 0 Å². The minimum atomic E-state index is -0.611.